The van der Waals surface area contributed by atoms with Crippen LogP contribution in [0.5, 0.6) is 0 Å². The molecular formula is C17H18F3N3OS. The lowest BCUT2D eigenvalue weighted by Crippen LogP contribution is -2.31. The number of nitrogens with zero attached hydrogens (tertiary/aromatic N) is 2. The number of benzene rings is 1. The molecule has 0 radical (unpaired) electrons. The minimum atomic E-state index is -4.65. The summed E-state index contributed by atoms with van der Waals surface area (Å²) in [5, 5.41) is 0. The fraction of sp³-hybridized carbons (Fsp3) is 0.412. The Morgan fingerprint density at radius 2 is 1.84 bits per heavy atom. The van der Waals surface area contributed by atoms with Crippen molar-refractivity contribution in [2.75, 3.05) is 24.6 Å². The third-order valence-electron chi connectivity index (χ3n) is 4.16. The van der Waals surface area contributed by atoms with Crippen molar-refractivity contribution in [2.24, 2.45) is 0 Å². The number of aromatic amines is 1. The molecule has 0 saturated carbocycles. The van der Waals surface area contributed by atoms with E-state index in [1.165, 1.54) is 0 Å². The van der Waals surface area contributed by atoms with Gasteiger partial charge in [0.1, 0.15) is 5.82 Å². The Hall–Kier alpha value is -1.80. The van der Waals surface area contributed by atoms with E-state index in [1.54, 1.807) is 12.1 Å². The molecule has 0 atom stereocenters. The lowest BCUT2D eigenvalue weighted by molar-refractivity contribution is -0.141. The molecule has 0 bridgehead atoms. The first-order valence-electron chi connectivity index (χ1n) is 7.92. The zero-order chi connectivity index (χ0) is 18.0. The van der Waals surface area contributed by atoms with E-state index in [-0.39, 0.29) is 5.82 Å². The van der Waals surface area contributed by atoms with Crippen LogP contribution in [0.4, 0.5) is 13.2 Å². The van der Waals surface area contributed by atoms with Gasteiger partial charge in [0.15, 0.2) is 5.69 Å². The van der Waals surface area contributed by atoms with E-state index in [0.717, 1.165) is 43.6 Å². The van der Waals surface area contributed by atoms with Gasteiger partial charge in [0.25, 0.3) is 5.56 Å². The third-order valence-corrected chi connectivity index (χ3v) is 5.10. The molecule has 0 unspecified atom stereocenters. The molecule has 25 heavy (non-hydrogen) atoms. The maximum Gasteiger partial charge on any atom is 0.433 e. The van der Waals surface area contributed by atoms with Crippen molar-refractivity contribution >= 4 is 11.8 Å². The van der Waals surface area contributed by atoms with Crippen LogP contribution in [0.1, 0.15) is 16.8 Å². The minimum Gasteiger partial charge on any atom is -0.306 e. The Morgan fingerprint density at radius 3 is 2.44 bits per heavy atom. The van der Waals surface area contributed by atoms with Crippen LogP contribution < -0.4 is 5.56 Å². The second kappa shape index (κ2) is 7.21. The minimum absolute atomic E-state index is 0.0659. The fourth-order valence-corrected chi connectivity index (χ4v) is 3.71. The Balaban J connectivity index is 1.85. The first-order valence-corrected chi connectivity index (χ1v) is 9.07. The SMILES string of the molecule is Cc1c(C(F)(F)F)nc(-c2ccc(CN3CCSCC3)cc2)[nH]c1=O. The molecule has 0 amide bonds. The molecular weight excluding hydrogens is 351 g/mol. The molecule has 1 aliphatic rings. The molecule has 1 fully saturated rings. The Kier molecular flexibility index (Phi) is 5.19. The van der Waals surface area contributed by atoms with Crippen LogP contribution in [-0.4, -0.2) is 39.5 Å². The Bertz CT molecular complexity index is 796. The fourth-order valence-electron chi connectivity index (χ4n) is 2.73. The van der Waals surface area contributed by atoms with E-state index >= 15 is 0 Å². The number of alkyl halides is 3. The monoisotopic (exact) mass is 369 g/mol. The standard InChI is InChI=1S/C17H18F3N3OS/c1-11-14(17(18,19)20)21-15(22-16(11)24)13-4-2-12(3-5-13)10-23-6-8-25-9-7-23/h2-5H,6-10H2,1H3,(H,21,22,24). The highest BCUT2D eigenvalue weighted by Crippen LogP contribution is 2.30. The van der Waals surface area contributed by atoms with Gasteiger partial charge < -0.3 is 4.98 Å². The van der Waals surface area contributed by atoms with Gasteiger partial charge in [0.05, 0.1) is 0 Å². The molecule has 1 saturated heterocycles. The Morgan fingerprint density at radius 1 is 1.20 bits per heavy atom. The molecule has 1 N–H and O–H groups in total. The lowest BCUT2D eigenvalue weighted by atomic mass is 10.1. The van der Waals surface area contributed by atoms with Crippen molar-refractivity contribution < 1.29 is 13.2 Å². The van der Waals surface area contributed by atoms with Crippen LogP contribution in [0.25, 0.3) is 11.4 Å². The molecule has 1 aromatic carbocycles. The number of thioether (sulfide) groups is 1. The molecule has 134 valence electrons. The van der Waals surface area contributed by atoms with E-state index < -0.39 is 23.0 Å². The summed E-state index contributed by atoms with van der Waals surface area (Å²) in [4.78, 5) is 20.2. The summed E-state index contributed by atoms with van der Waals surface area (Å²) in [7, 11) is 0. The molecule has 8 heteroatoms. The second-order valence-corrected chi connectivity index (χ2v) is 7.20. The molecule has 1 aliphatic heterocycles. The highest BCUT2D eigenvalue weighted by molar-refractivity contribution is 7.99. The average Bonchev–Trinajstić information content (AvgIpc) is 2.58. The van der Waals surface area contributed by atoms with Crippen molar-refractivity contribution in [1.82, 2.24) is 14.9 Å². The summed E-state index contributed by atoms with van der Waals surface area (Å²) >= 11 is 1.94. The molecule has 2 aromatic rings. The van der Waals surface area contributed by atoms with Crippen molar-refractivity contribution in [3.63, 3.8) is 0 Å². The van der Waals surface area contributed by atoms with Gasteiger partial charge in [-0.3, -0.25) is 9.69 Å². The maximum absolute atomic E-state index is 13.0. The summed E-state index contributed by atoms with van der Waals surface area (Å²) in [5.41, 5.74) is -0.786. The molecule has 0 aliphatic carbocycles. The van der Waals surface area contributed by atoms with E-state index in [0.29, 0.717) is 5.56 Å². The number of rotatable bonds is 3. The van der Waals surface area contributed by atoms with Crippen LogP contribution in [0, 0.1) is 6.92 Å². The van der Waals surface area contributed by atoms with Gasteiger partial charge in [-0.15, -0.1) is 0 Å². The van der Waals surface area contributed by atoms with Gasteiger partial charge in [0.2, 0.25) is 0 Å². The van der Waals surface area contributed by atoms with Crippen molar-refractivity contribution in [1.29, 1.82) is 0 Å². The van der Waals surface area contributed by atoms with Gasteiger partial charge in [-0.25, -0.2) is 4.98 Å². The van der Waals surface area contributed by atoms with Crippen molar-refractivity contribution in [3.8, 4) is 11.4 Å². The van der Waals surface area contributed by atoms with Crippen LogP contribution in [-0.2, 0) is 12.7 Å². The number of nitrogens with one attached hydrogen (secondary N) is 1. The molecule has 3 rings (SSSR count). The largest absolute Gasteiger partial charge is 0.433 e. The average molecular weight is 369 g/mol. The summed E-state index contributed by atoms with van der Waals surface area (Å²) in [6.07, 6.45) is -4.65. The smallest absolute Gasteiger partial charge is 0.306 e. The molecule has 2 heterocycles. The number of hydrogen-bond acceptors (Lipinski definition) is 4. The zero-order valence-electron chi connectivity index (χ0n) is 13.7. The zero-order valence-corrected chi connectivity index (χ0v) is 14.5. The number of halogens is 3. The normalized spacial score (nSPS) is 16.2. The molecule has 0 spiro atoms. The maximum atomic E-state index is 13.0. The first-order chi connectivity index (χ1) is 11.8. The van der Waals surface area contributed by atoms with Gasteiger partial charge in [-0.1, -0.05) is 24.3 Å². The summed E-state index contributed by atoms with van der Waals surface area (Å²) in [5.74, 6) is 2.17. The van der Waals surface area contributed by atoms with Crippen LogP contribution >= 0.6 is 11.8 Å². The number of H-pyrrole nitrogens is 1. The van der Waals surface area contributed by atoms with Gasteiger partial charge in [-0.05, 0) is 12.5 Å². The van der Waals surface area contributed by atoms with Gasteiger partial charge >= 0.3 is 6.18 Å². The van der Waals surface area contributed by atoms with Crippen LogP contribution in [0.2, 0.25) is 0 Å². The summed E-state index contributed by atoms with van der Waals surface area (Å²) < 4.78 is 39.1. The van der Waals surface area contributed by atoms with Gasteiger partial charge in [0, 0.05) is 42.3 Å². The van der Waals surface area contributed by atoms with Crippen LogP contribution in [0.3, 0.4) is 0 Å². The summed E-state index contributed by atoms with van der Waals surface area (Å²) in [6.45, 7) is 4.01. The first kappa shape index (κ1) is 18.0. The number of hydrogen-bond donors (Lipinski definition) is 1. The number of aromatic nitrogens is 2. The van der Waals surface area contributed by atoms with E-state index in [1.807, 2.05) is 23.9 Å². The Labute approximate surface area is 147 Å². The quantitative estimate of drug-likeness (QED) is 0.902. The van der Waals surface area contributed by atoms with E-state index in [9.17, 15) is 18.0 Å². The summed E-state index contributed by atoms with van der Waals surface area (Å²) in [6, 6.07) is 7.12. The van der Waals surface area contributed by atoms with E-state index in [4.69, 9.17) is 0 Å². The van der Waals surface area contributed by atoms with Crippen molar-refractivity contribution in [3.05, 3.63) is 51.4 Å². The third kappa shape index (κ3) is 4.24. The van der Waals surface area contributed by atoms with Crippen LogP contribution in [0.15, 0.2) is 29.1 Å². The van der Waals surface area contributed by atoms with Gasteiger partial charge in [-0.2, -0.15) is 24.9 Å². The van der Waals surface area contributed by atoms with E-state index in [2.05, 4.69) is 14.9 Å². The second-order valence-electron chi connectivity index (χ2n) is 5.97. The topological polar surface area (TPSA) is 49.0 Å². The highest BCUT2D eigenvalue weighted by Gasteiger charge is 2.36. The lowest BCUT2D eigenvalue weighted by Gasteiger charge is -2.26. The van der Waals surface area contributed by atoms with Crippen molar-refractivity contribution in [2.45, 2.75) is 19.6 Å². The molecule has 4 nitrogen and oxygen atoms in total. The predicted molar refractivity (Wildman–Crippen MR) is 92.6 cm³/mol. The predicted octanol–water partition coefficient (Wildman–Crippen LogP) is 3.31. The highest BCUT2D eigenvalue weighted by atomic mass is 32.2. The molecule has 1 aromatic heterocycles.